The van der Waals surface area contributed by atoms with E-state index in [2.05, 4.69) is 24.4 Å². The van der Waals surface area contributed by atoms with Crippen LogP contribution in [0, 0.1) is 10.1 Å². The van der Waals surface area contributed by atoms with Crippen molar-refractivity contribution >= 4 is 11.4 Å². The van der Waals surface area contributed by atoms with Gasteiger partial charge in [0.05, 0.1) is 16.5 Å². The van der Waals surface area contributed by atoms with Crippen molar-refractivity contribution in [3.05, 3.63) is 69.8 Å². The molecule has 0 aliphatic rings. The predicted octanol–water partition coefficient (Wildman–Crippen LogP) is 4.72. The first kappa shape index (κ1) is 15.0. The third-order valence-corrected chi connectivity index (χ3v) is 3.48. The van der Waals surface area contributed by atoms with Gasteiger partial charge < -0.3 is 5.32 Å². The highest BCUT2D eigenvalue weighted by Crippen LogP contribution is 2.27. The van der Waals surface area contributed by atoms with E-state index in [4.69, 9.17) is 0 Å². The number of hydrogen-bond acceptors (Lipinski definition) is 3. The van der Waals surface area contributed by atoms with Crippen molar-refractivity contribution in [3.8, 4) is 0 Å². The summed E-state index contributed by atoms with van der Waals surface area (Å²) in [7, 11) is 0. The zero-order chi connectivity index (χ0) is 15.2. The topological polar surface area (TPSA) is 55.2 Å². The predicted molar refractivity (Wildman–Crippen MR) is 85.6 cm³/mol. The van der Waals surface area contributed by atoms with Gasteiger partial charge in [-0.1, -0.05) is 43.7 Å². The van der Waals surface area contributed by atoms with E-state index in [-0.39, 0.29) is 16.7 Å². The van der Waals surface area contributed by atoms with Crippen LogP contribution >= 0.6 is 0 Å². The molecular formula is C17H20N2O2. The van der Waals surface area contributed by atoms with E-state index in [0.717, 1.165) is 18.5 Å². The van der Waals surface area contributed by atoms with Gasteiger partial charge in [-0.2, -0.15) is 0 Å². The Bertz CT molecular complexity index is 608. The number of nitrogens with zero attached hydrogens (tertiary/aromatic N) is 1. The van der Waals surface area contributed by atoms with Crippen LogP contribution < -0.4 is 5.32 Å². The highest BCUT2D eigenvalue weighted by molar-refractivity contribution is 5.50. The number of benzene rings is 2. The Morgan fingerprint density at radius 3 is 2.43 bits per heavy atom. The SMILES string of the molecule is CCCc1ccc(NC(C)c2ccccc2[N+](=O)[O-])cc1. The Hall–Kier alpha value is -2.36. The van der Waals surface area contributed by atoms with Gasteiger partial charge in [0.2, 0.25) is 0 Å². The van der Waals surface area contributed by atoms with Gasteiger partial charge in [0.15, 0.2) is 0 Å². The van der Waals surface area contributed by atoms with Gasteiger partial charge >= 0.3 is 0 Å². The first-order chi connectivity index (χ1) is 10.1. The van der Waals surface area contributed by atoms with E-state index in [9.17, 15) is 10.1 Å². The number of aryl methyl sites for hydroxylation is 1. The van der Waals surface area contributed by atoms with Crippen molar-refractivity contribution in [2.45, 2.75) is 32.7 Å². The number of nitrogens with one attached hydrogen (secondary N) is 1. The van der Waals surface area contributed by atoms with Crippen molar-refractivity contribution in [2.75, 3.05) is 5.32 Å². The van der Waals surface area contributed by atoms with Crippen LogP contribution in [0.2, 0.25) is 0 Å². The van der Waals surface area contributed by atoms with Crippen molar-refractivity contribution in [2.24, 2.45) is 0 Å². The molecule has 0 heterocycles. The van der Waals surface area contributed by atoms with Gasteiger partial charge in [-0.15, -0.1) is 0 Å². The van der Waals surface area contributed by atoms with Crippen LogP contribution in [-0.4, -0.2) is 4.92 Å². The molecule has 110 valence electrons. The normalized spacial score (nSPS) is 11.9. The number of rotatable bonds is 6. The monoisotopic (exact) mass is 284 g/mol. The summed E-state index contributed by atoms with van der Waals surface area (Å²) >= 11 is 0. The zero-order valence-corrected chi connectivity index (χ0v) is 12.4. The van der Waals surface area contributed by atoms with Crippen molar-refractivity contribution in [1.82, 2.24) is 0 Å². The highest BCUT2D eigenvalue weighted by Gasteiger charge is 2.17. The standard InChI is InChI=1S/C17H20N2O2/c1-3-6-14-9-11-15(12-10-14)18-13(2)16-7-4-5-8-17(16)19(20)21/h4-5,7-13,18H,3,6H2,1-2H3. The van der Waals surface area contributed by atoms with Crippen molar-refractivity contribution in [3.63, 3.8) is 0 Å². The second kappa shape index (κ2) is 6.88. The van der Waals surface area contributed by atoms with E-state index < -0.39 is 0 Å². The molecule has 1 unspecified atom stereocenters. The highest BCUT2D eigenvalue weighted by atomic mass is 16.6. The summed E-state index contributed by atoms with van der Waals surface area (Å²) in [6, 6.07) is 15.0. The Kier molecular flexibility index (Phi) is 4.93. The molecule has 0 aliphatic heterocycles. The molecule has 0 fully saturated rings. The maximum atomic E-state index is 11.1. The van der Waals surface area contributed by atoms with E-state index in [1.54, 1.807) is 12.1 Å². The molecule has 1 atom stereocenters. The molecule has 4 nitrogen and oxygen atoms in total. The Balaban J connectivity index is 2.14. The molecule has 2 rings (SSSR count). The fourth-order valence-corrected chi connectivity index (χ4v) is 2.40. The molecule has 0 amide bonds. The number of anilines is 1. The quantitative estimate of drug-likeness (QED) is 0.616. The van der Waals surface area contributed by atoms with Gasteiger partial charge in [-0.3, -0.25) is 10.1 Å². The summed E-state index contributed by atoms with van der Waals surface area (Å²) in [5, 5.41) is 14.4. The summed E-state index contributed by atoms with van der Waals surface area (Å²) in [5.41, 5.74) is 3.13. The molecule has 2 aromatic rings. The average Bonchev–Trinajstić information content (AvgIpc) is 2.49. The largest absolute Gasteiger partial charge is 0.378 e. The minimum absolute atomic E-state index is 0.122. The molecule has 1 N–H and O–H groups in total. The molecule has 0 bridgehead atoms. The first-order valence-corrected chi connectivity index (χ1v) is 7.20. The summed E-state index contributed by atoms with van der Waals surface area (Å²) in [5.74, 6) is 0. The fourth-order valence-electron chi connectivity index (χ4n) is 2.40. The third-order valence-electron chi connectivity index (χ3n) is 3.48. The second-order valence-electron chi connectivity index (χ2n) is 5.13. The molecule has 0 saturated carbocycles. The molecule has 0 aromatic heterocycles. The van der Waals surface area contributed by atoms with Crippen LogP contribution in [0.15, 0.2) is 48.5 Å². The molecule has 21 heavy (non-hydrogen) atoms. The molecule has 0 saturated heterocycles. The van der Waals surface area contributed by atoms with Gasteiger partial charge in [-0.05, 0) is 31.0 Å². The van der Waals surface area contributed by atoms with E-state index in [1.165, 1.54) is 11.6 Å². The van der Waals surface area contributed by atoms with Crippen molar-refractivity contribution < 1.29 is 4.92 Å². The Morgan fingerprint density at radius 2 is 1.81 bits per heavy atom. The van der Waals surface area contributed by atoms with E-state index in [0.29, 0.717) is 5.56 Å². The van der Waals surface area contributed by atoms with Gasteiger partial charge in [0.1, 0.15) is 0 Å². The molecule has 0 aliphatic carbocycles. The maximum absolute atomic E-state index is 11.1. The van der Waals surface area contributed by atoms with E-state index in [1.807, 2.05) is 25.1 Å². The summed E-state index contributed by atoms with van der Waals surface area (Å²) < 4.78 is 0. The lowest BCUT2D eigenvalue weighted by Crippen LogP contribution is -2.09. The summed E-state index contributed by atoms with van der Waals surface area (Å²) in [4.78, 5) is 10.7. The molecule has 0 spiro atoms. The van der Waals surface area contributed by atoms with Crippen LogP contribution in [0.3, 0.4) is 0 Å². The molecular weight excluding hydrogens is 264 g/mol. The summed E-state index contributed by atoms with van der Waals surface area (Å²) in [6.07, 6.45) is 2.19. The smallest absolute Gasteiger partial charge is 0.274 e. The fraction of sp³-hybridized carbons (Fsp3) is 0.294. The Morgan fingerprint density at radius 1 is 1.14 bits per heavy atom. The Labute approximate surface area is 125 Å². The zero-order valence-electron chi connectivity index (χ0n) is 12.4. The minimum atomic E-state index is -0.335. The summed E-state index contributed by atoms with van der Waals surface area (Å²) in [6.45, 7) is 4.09. The van der Waals surface area contributed by atoms with Crippen LogP contribution in [0.4, 0.5) is 11.4 Å². The first-order valence-electron chi connectivity index (χ1n) is 7.20. The van der Waals surface area contributed by atoms with E-state index >= 15 is 0 Å². The molecule has 2 aromatic carbocycles. The van der Waals surface area contributed by atoms with Crippen LogP contribution in [-0.2, 0) is 6.42 Å². The average molecular weight is 284 g/mol. The minimum Gasteiger partial charge on any atom is -0.378 e. The lowest BCUT2D eigenvalue weighted by molar-refractivity contribution is -0.385. The lowest BCUT2D eigenvalue weighted by atomic mass is 10.1. The lowest BCUT2D eigenvalue weighted by Gasteiger charge is -2.16. The van der Waals surface area contributed by atoms with Crippen LogP contribution in [0.5, 0.6) is 0 Å². The van der Waals surface area contributed by atoms with Crippen molar-refractivity contribution in [1.29, 1.82) is 0 Å². The van der Waals surface area contributed by atoms with Crippen LogP contribution in [0.1, 0.15) is 37.4 Å². The number of nitro benzene ring substituents is 1. The number of nitro groups is 1. The van der Waals surface area contributed by atoms with Gasteiger partial charge in [0.25, 0.3) is 5.69 Å². The molecule has 0 radical (unpaired) electrons. The number of para-hydroxylation sites is 1. The van der Waals surface area contributed by atoms with Gasteiger partial charge in [0, 0.05) is 11.8 Å². The number of hydrogen-bond donors (Lipinski definition) is 1. The molecule has 4 heteroatoms. The van der Waals surface area contributed by atoms with Crippen LogP contribution in [0.25, 0.3) is 0 Å². The third kappa shape index (κ3) is 3.81. The second-order valence-corrected chi connectivity index (χ2v) is 5.13. The maximum Gasteiger partial charge on any atom is 0.274 e. The van der Waals surface area contributed by atoms with Gasteiger partial charge in [-0.25, -0.2) is 0 Å².